The van der Waals surface area contributed by atoms with Crippen LogP contribution < -0.4 is 5.32 Å². The van der Waals surface area contributed by atoms with Crippen LogP contribution in [0.4, 0.5) is 0 Å². The van der Waals surface area contributed by atoms with Crippen molar-refractivity contribution in [3.05, 3.63) is 11.7 Å². The second-order valence-corrected chi connectivity index (χ2v) is 7.06. The number of likely N-dealkylation sites (tertiary alicyclic amines) is 1. The molecule has 1 aliphatic heterocycles. The average Bonchev–Trinajstić information content (AvgIpc) is 3.07. The first-order valence-electron chi connectivity index (χ1n) is 8.19. The molecule has 0 saturated carbocycles. The Morgan fingerprint density at radius 1 is 1.43 bits per heavy atom. The highest BCUT2D eigenvalue weighted by atomic mass is 35.5. The summed E-state index contributed by atoms with van der Waals surface area (Å²) in [6.45, 7) is 7.94. The van der Waals surface area contributed by atoms with Crippen molar-refractivity contribution in [2.75, 3.05) is 20.1 Å². The molecule has 132 valence electrons. The van der Waals surface area contributed by atoms with Crippen molar-refractivity contribution in [2.45, 2.75) is 64.3 Å². The van der Waals surface area contributed by atoms with Crippen LogP contribution in [0.15, 0.2) is 4.52 Å². The lowest BCUT2D eigenvalue weighted by Gasteiger charge is -2.24. The number of carbonyl (C=O) groups excluding carboxylic acids is 1. The van der Waals surface area contributed by atoms with E-state index in [0.29, 0.717) is 24.8 Å². The van der Waals surface area contributed by atoms with E-state index in [1.54, 1.807) is 0 Å². The molecule has 2 rings (SSSR count). The van der Waals surface area contributed by atoms with Gasteiger partial charge in [0.1, 0.15) is 0 Å². The Kier molecular flexibility index (Phi) is 7.48. The van der Waals surface area contributed by atoms with Gasteiger partial charge in [0.05, 0.1) is 0 Å². The third kappa shape index (κ3) is 5.46. The topological polar surface area (TPSA) is 71.3 Å². The van der Waals surface area contributed by atoms with E-state index >= 15 is 0 Å². The summed E-state index contributed by atoms with van der Waals surface area (Å²) in [6, 6.07) is 0.355. The number of likely N-dealkylation sites (N-methyl/N-ethyl adjacent to an activating group) is 1. The third-order valence-electron chi connectivity index (χ3n) is 4.06. The first kappa shape index (κ1) is 19.9. The molecular weight excluding hydrogens is 316 g/mol. The summed E-state index contributed by atoms with van der Waals surface area (Å²) < 4.78 is 5.26. The van der Waals surface area contributed by atoms with Crippen LogP contribution in [0.5, 0.6) is 0 Å². The summed E-state index contributed by atoms with van der Waals surface area (Å²) in [7, 11) is 1.93. The Labute approximate surface area is 144 Å². The first-order chi connectivity index (χ1) is 10.4. The highest BCUT2D eigenvalue weighted by Gasteiger charge is 2.27. The van der Waals surface area contributed by atoms with Gasteiger partial charge in [-0.25, -0.2) is 0 Å². The van der Waals surface area contributed by atoms with E-state index in [1.165, 1.54) is 0 Å². The average molecular weight is 345 g/mol. The molecule has 0 radical (unpaired) electrons. The Morgan fingerprint density at radius 2 is 2.17 bits per heavy atom. The molecule has 1 atom stereocenters. The van der Waals surface area contributed by atoms with Crippen LogP contribution in [0.25, 0.3) is 0 Å². The molecule has 1 N–H and O–H groups in total. The number of hydrogen-bond acceptors (Lipinski definition) is 5. The van der Waals surface area contributed by atoms with Crippen molar-refractivity contribution in [3.63, 3.8) is 0 Å². The van der Waals surface area contributed by atoms with Gasteiger partial charge < -0.3 is 14.7 Å². The summed E-state index contributed by atoms with van der Waals surface area (Å²) in [6.07, 6.45) is 4.18. The largest absolute Gasteiger partial charge is 0.339 e. The smallest absolute Gasteiger partial charge is 0.226 e. The van der Waals surface area contributed by atoms with Gasteiger partial charge in [0, 0.05) is 37.4 Å². The minimum atomic E-state index is -0.104. The van der Waals surface area contributed by atoms with E-state index in [1.807, 2.05) is 11.9 Å². The number of hydrogen-bond donors (Lipinski definition) is 1. The van der Waals surface area contributed by atoms with Crippen molar-refractivity contribution < 1.29 is 9.32 Å². The predicted molar refractivity (Wildman–Crippen MR) is 91.8 cm³/mol. The summed E-state index contributed by atoms with van der Waals surface area (Å²) in [5, 5.41) is 7.18. The van der Waals surface area contributed by atoms with Crippen molar-refractivity contribution in [3.8, 4) is 0 Å². The molecule has 1 amide bonds. The molecule has 1 aliphatic rings. The minimum absolute atomic E-state index is 0. The molecule has 0 aromatic carbocycles. The van der Waals surface area contributed by atoms with Gasteiger partial charge in [0.15, 0.2) is 5.82 Å². The highest BCUT2D eigenvalue weighted by Crippen LogP contribution is 2.20. The Balaban J connectivity index is 0.00000264. The lowest BCUT2D eigenvalue weighted by atomic mass is 9.96. The van der Waals surface area contributed by atoms with Crippen LogP contribution in [0, 0.1) is 0 Å². The second kappa shape index (κ2) is 8.64. The maximum absolute atomic E-state index is 12.3. The number of nitrogens with one attached hydrogen (secondary N) is 1. The zero-order valence-corrected chi connectivity index (χ0v) is 15.4. The summed E-state index contributed by atoms with van der Waals surface area (Å²) in [5.74, 6) is 1.60. The second-order valence-electron chi connectivity index (χ2n) is 7.06. The van der Waals surface area contributed by atoms with E-state index in [0.717, 1.165) is 38.2 Å². The quantitative estimate of drug-likeness (QED) is 0.857. The SMILES string of the molecule is CNCC1CCCN1C(=O)CCCc1nc(C(C)(C)C)no1.Cl. The van der Waals surface area contributed by atoms with Gasteiger partial charge >= 0.3 is 0 Å². The Bertz CT molecular complexity index is 499. The lowest BCUT2D eigenvalue weighted by molar-refractivity contribution is -0.132. The Hall–Kier alpha value is -1.14. The van der Waals surface area contributed by atoms with Crippen molar-refractivity contribution in [2.24, 2.45) is 0 Å². The van der Waals surface area contributed by atoms with Crippen LogP contribution in [-0.2, 0) is 16.6 Å². The maximum atomic E-state index is 12.3. The van der Waals surface area contributed by atoms with Gasteiger partial charge in [-0.15, -0.1) is 12.4 Å². The van der Waals surface area contributed by atoms with Crippen molar-refractivity contribution in [1.29, 1.82) is 0 Å². The van der Waals surface area contributed by atoms with Gasteiger partial charge in [-0.05, 0) is 26.3 Å². The lowest BCUT2D eigenvalue weighted by Crippen LogP contribution is -2.40. The number of rotatable bonds is 6. The van der Waals surface area contributed by atoms with Gasteiger partial charge in [-0.1, -0.05) is 25.9 Å². The van der Waals surface area contributed by atoms with Crippen LogP contribution in [0.3, 0.4) is 0 Å². The molecule has 1 unspecified atom stereocenters. The number of aryl methyl sites for hydroxylation is 1. The number of carbonyl (C=O) groups is 1. The zero-order valence-electron chi connectivity index (χ0n) is 14.6. The van der Waals surface area contributed by atoms with Crippen LogP contribution in [0.2, 0.25) is 0 Å². The summed E-state index contributed by atoms with van der Waals surface area (Å²) >= 11 is 0. The summed E-state index contributed by atoms with van der Waals surface area (Å²) in [4.78, 5) is 18.7. The molecule has 0 aliphatic carbocycles. The maximum Gasteiger partial charge on any atom is 0.226 e. The van der Waals surface area contributed by atoms with Gasteiger partial charge in [0.25, 0.3) is 0 Å². The molecule has 1 aromatic heterocycles. The van der Waals surface area contributed by atoms with Crippen LogP contribution in [0.1, 0.15) is 58.2 Å². The first-order valence-corrected chi connectivity index (χ1v) is 8.19. The number of halogens is 1. The molecule has 1 saturated heterocycles. The number of aromatic nitrogens is 2. The van der Waals surface area contributed by atoms with E-state index in [2.05, 4.69) is 36.2 Å². The Morgan fingerprint density at radius 3 is 2.78 bits per heavy atom. The molecule has 1 aromatic rings. The van der Waals surface area contributed by atoms with Crippen molar-refractivity contribution in [1.82, 2.24) is 20.4 Å². The van der Waals surface area contributed by atoms with E-state index in [9.17, 15) is 4.79 Å². The monoisotopic (exact) mass is 344 g/mol. The van der Waals surface area contributed by atoms with Crippen LogP contribution >= 0.6 is 12.4 Å². The molecule has 0 spiro atoms. The fraction of sp³-hybridized carbons (Fsp3) is 0.812. The fourth-order valence-electron chi connectivity index (χ4n) is 2.81. The number of nitrogens with zero attached hydrogens (tertiary/aromatic N) is 3. The normalized spacial score (nSPS) is 18.1. The van der Waals surface area contributed by atoms with E-state index < -0.39 is 0 Å². The molecule has 6 nitrogen and oxygen atoms in total. The van der Waals surface area contributed by atoms with Gasteiger partial charge in [0.2, 0.25) is 11.8 Å². The third-order valence-corrected chi connectivity index (χ3v) is 4.06. The van der Waals surface area contributed by atoms with Crippen molar-refractivity contribution >= 4 is 18.3 Å². The minimum Gasteiger partial charge on any atom is -0.339 e. The number of amides is 1. The van der Waals surface area contributed by atoms with Gasteiger partial charge in [-0.3, -0.25) is 4.79 Å². The van der Waals surface area contributed by atoms with E-state index in [4.69, 9.17) is 4.52 Å². The van der Waals surface area contributed by atoms with Gasteiger partial charge in [-0.2, -0.15) is 4.98 Å². The molecular formula is C16H29ClN4O2. The molecule has 2 heterocycles. The zero-order chi connectivity index (χ0) is 16.2. The summed E-state index contributed by atoms with van der Waals surface area (Å²) in [5.41, 5.74) is -0.104. The molecule has 23 heavy (non-hydrogen) atoms. The molecule has 1 fully saturated rings. The fourth-order valence-corrected chi connectivity index (χ4v) is 2.81. The van der Waals surface area contributed by atoms with E-state index in [-0.39, 0.29) is 23.7 Å². The molecule has 0 bridgehead atoms. The van der Waals surface area contributed by atoms with Crippen LogP contribution in [-0.4, -0.2) is 47.1 Å². The molecule has 7 heteroatoms. The predicted octanol–water partition coefficient (Wildman–Crippen LogP) is 2.32. The standard InChI is InChI=1S/C16H28N4O2.ClH/c1-16(2,3)15-18-13(22-19-15)8-5-9-14(21)20-10-6-7-12(20)11-17-4;/h12,17H,5-11H2,1-4H3;1H. The highest BCUT2D eigenvalue weighted by molar-refractivity contribution is 5.85.